The Kier molecular flexibility index (Phi) is 6.44. The summed E-state index contributed by atoms with van der Waals surface area (Å²) in [7, 11) is 1.69. The summed E-state index contributed by atoms with van der Waals surface area (Å²) in [5.41, 5.74) is 8.98. The topological polar surface area (TPSA) is 37.2 Å². The molecule has 4 heteroatoms. The van der Waals surface area contributed by atoms with Crippen molar-refractivity contribution in [2.45, 2.75) is 26.3 Å². The molecule has 4 aromatic carbocycles. The number of methoxy groups -OCH3 is 1. The molecule has 1 aliphatic rings. The lowest BCUT2D eigenvalue weighted by Crippen LogP contribution is -2.18. The molecule has 1 aliphatic heterocycles. The van der Waals surface area contributed by atoms with E-state index in [1.54, 1.807) is 7.11 Å². The van der Waals surface area contributed by atoms with E-state index in [0.717, 1.165) is 40.4 Å². The second-order valence-corrected chi connectivity index (χ2v) is 8.89. The van der Waals surface area contributed by atoms with Crippen molar-refractivity contribution >= 4 is 23.3 Å². The van der Waals surface area contributed by atoms with Gasteiger partial charge in [0.25, 0.3) is 0 Å². The fourth-order valence-electron chi connectivity index (χ4n) is 4.32. The van der Waals surface area contributed by atoms with Gasteiger partial charge in [-0.15, -0.1) is 0 Å². The van der Waals surface area contributed by atoms with Crippen LogP contribution in [-0.4, -0.2) is 19.0 Å². The first-order valence-electron chi connectivity index (χ1n) is 11.9. The minimum absolute atomic E-state index is 0.115. The predicted molar refractivity (Wildman–Crippen MR) is 145 cm³/mol. The van der Waals surface area contributed by atoms with Crippen molar-refractivity contribution in [3.63, 3.8) is 0 Å². The van der Waals surface area contributed by atoms with E-state index in [-0.39, 0.29) is 6.04 Å². The van der Waals surface area contributed by atoms with Crippen molar-refractivity contribution in [1.82, 2.24) is 0 Å². The molecule has 4 aromatic rings. The molecule has 0 aliphatic carbocycles. The molecule has 0 fully saturated rings. The molecule has 35 heavy (non-hydrogen) atoms. The summed E-state index contributed by atoms with van der Waals surface area (Å²) < 4.78 is 5.37. The highest BCUT2D eigenvalue weighted by molar-refractivity contribution is 6.03. The van der Waals surface area contributed by atoms with Gasteiger partial charge in [0.05, 0.1) is 30.2 Å². The summed E-state index contributed by atoms with van der Waals surface area (Å²) in [5, 5.41) is 7.22. The summed E-state index contributed by atoms with van der Waals surface area (Å²) >= 11 is 0. The molecule has 1 unspecified atom stereocenters. The zero-order valence-corrected chi connectivity index (χ0v) is 20.3. The summed E-state index contributed by atoms with van der Waals surface area (Å²) in [5.74, 6) is 0.857. The van der Waals surface area contributed by atoms with Crippen molar-refractivity contribution in [2.24, 2.45) is 10.1 Å². The first kappa shape index (κ1) is 22.6. The monoisotopic (exact) mass is 459 g/mol. The zero-order valence-electron chi connectivity index (χ0n) is 20.3. The SMILES string of the molecule is COc1ccc(C2CC(c3ccc(C)cc3)=NN2c2ccc(C=Nc3ccccc3C)cc2)cc1. The quantitative estimate of drug-likeness (QED) is 0.281. The zero-order chi connectivity index (χ0) is 24.2. The van der Waals surface area contributed by atoms with Crippen molar-refractivity contribution < 1.29 is 4.74 Å². The van der Waals surface area contributed by atoms with E-state index in [0.29, 0.717) is 0 Å². The number of rotatable bonds is 6. The fraction of sp³-hybridized carbons (Fsp3) is 0.161. The molecule has 5 rings (SSSR count). The van der Waals surface area contributed by atoms with Crippen LogP contribution in [0.3, 0.4) is 0 Å². The molecule has 1 atom stereocenters. The molecule has 0 N–H and O–H groups in total. The van der Waals surface area contributed by atoms with Gasteiger partial charge in [-0.3, -0.25) is 10.0 Å². The summed E-state index contributed by atoms with van der Waals surface area (Å²) in [4.78, 5) is 4.66. The van der Waals surface area contributed by atoms with Crippen LogP contribution in [0.4, 0.5) is 11.4 Å². The summed E-state index contributed by atoms with van der Waals surface area (Å²) in [6, 6.07) is 33.6. The van der Waals surface area contributed by atoms with Gasteiger partial charge >= 0.3 is 0 Å². The van der Waals surface area contributed by atoms with E-state index in [1.165, 1.54) is 16.7 Å². The number of aliphatic imine (C=N–C) groups is 1. The third-order valence-corrected chi connectivity index (χ3v) is 6.42. The van der Waals surface area contributed by atoms with E-state index in [2.05, 4.69) is 90.6 Å². The van der Waals surface area contributed by atoms with Crippen LogP contribution in [0.2, 0.25) is 0 Å². The highest BCUT2D eigenvalue weighted by Gasteiger charge is 2.30. The molecule has 0 saturated carbocycles. The fourth-order valence-corrected chi connectivity index (χ4v) is 4.32. The lowest BCUT2D eigenvalue weighted by molar-refractivity contribution is 0.414. The van der Waals surface area contributed by atoms with Crippen molar-refractivity contribution in [1.29, 1.82) is 0 Å². The van der Waals surface area contributed by atoms with Crippen LogP contribution in [-0.2, 0) is 0 Å². The first-order chi connectivity index (χ1) is 17.1. The van der Waals surface area contributed by atoms with Gasteiger partial charge in [0, 0.05) is 12.6 Å². The number of aryl methyl sites for hydroxylation is 2. The van der Waals surface area contributed by atoms with Crippen LogP contribution < -0.4 is 9.75 Å². The Bertz CT molecular complexity index is 1350. The normalized spacial score (nSPS) is 15.5. The van der Waals surface area contributed by atoms with Crippen LogP contribution in [0.1, 0.15) is 40.3 Å². The van der Waals surface area contributed by atoms with E-state index in [1.807, 2.05) is 36.5 Å². The minimum Gasteiger partial charge on any atom is -0.497 e. The van der Waals surface area contributed by atoms with Gasteiger partial charge in [-0.25, -0.2) is 0 Å². The lowest BCUT2D eigenvalue weighted by Gasteiger charge is -2.24. The number of benzene rings is 4. The maximum atomic E-state index is 5.37. The Morgan fingerprint density at radius 3 is 2.26 bits per heavy atom. The lowest BCUT2D eigenvalue weighted by atomic mass is 9.97. The van der Waals surface area contributed by atoms with Gasteiger partial charge in [-0.1, -0.05) is 72.3 Å². The van der Waals surface area contributed by atoms with Crippen LogP contribution >= 0.6 is 0 Å². The van der Waals surface area contributed by atoms with Crippen molar-refractivity contribution in [2.75, 3.05) is 12.1 Å². The maximum absolute atomic E-state index is 5.37. The maximum Gasteiger partial charge on any atom is 0.118 e. The van der Waals surface area contributed by atoms with Crippen molar-refractivity contribution in [3.8, 4) is 5.75 Å². The molecule has 0 amide bonds. The Morgan fingerprint density at radius 2 is 1.57 bits per heavy atom. The number of hydrogen-bond acceptors (Lipinski definition) is 4. The Morgan fingerprint density at radius 1 is 0.857 bits per heavy atom. The molecule has 0 aromatic heterocycles. The van der Waals surface area contributed by atoms with Gasteiger partial charge in [0.2, 0.25) is 0 Å². The van der Waals surface area contributed by atoms with Gasteiger partial charge in [-0.05, 0) is 66.4 Å². The minimum atomic E-state index is 0.115. The van der Waals surface area contributed by atoms with Crippen LogP contribution in [0, 0.1) is 13.8 Å². The first-order valence-corrected chi connectivity index (χ1v) is 11.9. The Hall–Kier alpha value is -4.18. The number of para-hydroxylation sites is 1. The second kappa shape index (κ2) is 9.98. The molecule has 0 saturated heterocycles. The number of hydrogen-bond donors (Lipinski definition) is 0. The van der Waals surface area contributed by atoms with E-state index >= 15 is 0 Å². The van der Waals surface area contributed by atoms with Crippen LogP contribution in [0.25, 0.3) is 0 Å². The number of hydrazone groups is 1. The van der Waals surface area contributed by atoms with E-state index in [9.17, 15) is 0 Å². The number of nitrogens with zero attached hydrogens (tertiary/aromatic N) is 3. The second-order valence-electron chi connectivity index (χ2n) is 8.89. The molecular weight excluding hydrogens is 430 g/mol. The largest absolute Gasteiger partial charge is 0.497 e. The van der Waals surface area contributed by atoms with E-state index in [4.69, 9.17) is 9.84 Å². The number of ether oxygens (including phenoxy) is 1. The van der Waals surface area contributed by atoms with Crippen LogP contribution in [0.5, 0.6) is 5.75 Å². The molecule has 4 nitrogen and oxygen atoms in total. The molecule has 174 valence electrons. The van der Waals surface area contributed by atoms with Crippen LogP contribution in [0.15, 0.2) is 107 Å². The Balaban J connectivity index is 1.44. The third-order valence-electron chi connectivity index (χ3n) is 6.42. The molecule has 1 heterocycles. The van der Waals surface area contributed by atoms with Gasteiger partial charge < -0.3 is 4.74 Å². The van der Waals surface area contributed by atoms with Crippen molar-refractivity contribution in [3.05, 3.63) is 125 Å². The van der Waals surface area contributed by atoms with E-state index < -0.39 is 0 Å². The number of anilines is 1. The highest BCUT2D eigenvalue weighted by atomic mass is 16.5. The third kappa shape index (κ3) is 5.02. The van der Waals surface area contributed by atoms with Gasteiger partial charge in [0.15, 0.2) is 0 Å². The van der Waals surface area contributed by atoms with Gasteiger partial charge in [-0.2, -0.15) is 5.10 Å². The molecular formula is C31H29N3O. The molecule has 0 radical (unpaired) electrons. The predicted octanol–water partition coefficient (Wildman–Crippen LogP) is 7.42. The molecule has 0 spiro atoms. The average molecular weight is 460 g/mol. The summed E-state index contributed by atoms with van der Waals surface area (Å²) in [6.45, 7) is 4.18. The summed E-state index contributed by atoms with van der Waals surface area (Å²) in [6.07, 6.45) is 2.75. The van der Waals surface area contributed by atoms with Gasteiger partial charge in [0.1, 0.15) is 5.75 Å². The molecule has 0 bridgehead atoms. The Labute approximate surface area is 207 Å². The average Bonchev–Trinajstić information content (AvgIpc) is 3.34. The standard InChI is InChI=1S/C31H29N3O/c1-22-8-12-25(13-9-22)30-20-31(26-14-18-28(35-3)19-15-26)34(33-30)27-16-10-24(11-17-27)21-32-29-7-5-4-6-23(29)2/h4-19,21,31H,20H2,1-3H3. The smallest absolute Gasteiger partial charge is 0.118 e. The highest BCUT2D eigenvalue weighted by Crippen LogP contribution is 2.37.